The molecule has 1 aromatic carbocycles. The molecule has 0 aliphatic carbocycles. The van der Waals surface area contributed by atoms with E-state index in [1.165, 1.54) is 0 Å². The number of likely N-dealkylation sites (tertiary alicyclic amines) is 1. The lowest BCUT2D eigenvalue weighted by atomic mass is 10.2. The minimum atomic E-state index is -0.470. The van der Waals surface area contributed by atoms with Crippen LogP contribution in [0.4, 0.5) is 4.79 Å². The number of carbonyl (C=O) groups is 1. The highest BCUT2D eigenvalue weighted by Crippen LogP contribution is 2.20. The summed E-state index contributed by atoms with van der Waals surface area (Å²) < 4.78 is 6.44. The Labute approximate surface area is 134 Å². The Balaban J connectivity index is 2.08. The summed E-state index contributed by atoms with van der Waals surface area (Å²) in [6.45, 7) is 6.35. The number of carbonyl (C=O) groups excluding carboxylic acids is 1. The average Bonchev–Trinajstić information content (AvgIpc) is 2.83. The average molecular weight is 350 g/mol. The molecule has 0 aromatic heterocycles. The Bertz CT molecular complexity index is 580. The van der Waals surface area contributed by atoms with Crippen LogP contribution in [0.2, 0.25) is 0 Å². The fraction of sp³-hybridized carbons (Fsp3) is 0.471. The van der Waals surface area contributed by atoms with E-state index in [0.29, 0.717) is 6.54 Å². The van der Waals surface area contributed by atoms with E-state index in [-0.39, 0.29) is 12.1 Å². The van der Waals surface area contributed by atoms with Crippen LogP contribution in [-0.4, -0.2) is 29.2 Å². The molecular weight excluding hydrogens is 330 g/mol. The van der Waals surface area contributed by atoms with E-state index in [2.05, 4.69) is 27.8 Å². The second-order valence-electron chi connectivity index (χ2n) is 6.11. The maximum Gasteiger partial charge on any atom is 0.411 e. The van der Waals surface area contributed by atoms with Crippen molar-refractivity contribution in [2.24, 2.45) is 0 Å². The molecule has 1 aromatic rings. The highest BCUT2D eigenvalue weighted by Gasteiger charge is 2.30. The van der Waals surface area contributed by atoms with Gasteiger partial charge in [0.2, 0.25) is 0 Å². The van der Waals surface area contributed by atoms with Crippen molar-refractivity contribution in [3.63, 3.8) is 0 Å². The van der Waals surface area contributed by atoms with Crippen molar-refractivity contribution in [2.45, 2.75) is 45.3 Å². The number of halogens is 1. The predicted octanol–water partition coefficient (Wildman–Crippen LogP) is 4.20. The van der Waals surface area contributed by atoms with Gasteiger partial charge < -0.3 is 4.74 Å². The van der Waals surface area contributed by atoms with E-state index in [9.17, 15) is 4.79 Å². The van der Waals surface area contributed by atoms with Crippen molar-refractivity contribution in [1.29, 1.82) is 0 Å². The standard InChI is InChI=1S/C17H20BrNO2/c1-17(2,3)21-16(20)19-11-5-8-15(19)10-9-13-6-4-7-14(18)12-13/h4,6-7,12,15H,5,8,11H2,1-3H3. The zero-order valence-electron chi connectivity index (χ0n) is 12.6. The summed E-state index contributed by atoms with van der Waals surface area (Å²) in [4.78, 5) is 13.9. The SMILES string of the molecule is CC(C)(C)OC(=O)N1CCCC1C#Cc1cccc(Br)c1. The van der Waals surface area contributed by atoms with Gasteiger partial charge in [-0.1, -0.05) is 33.8 Å². The molecule has 1 amide bonds. The third kappa shape index (κ3) is 4.78. The molecule has 1 aliphatic heterocycles. The van der Waals surface area contributed by atoms with Crippen LogP contribution in [0.3, 0.4) is 0 Å². The molecule has 1 aliphatic rings. The third-order valence-corrected chi connectivity index (χ3v) is 3.58. The molecule has 21 heavy (non-hydrogen) atoms. The van der Waals surface area contributed by atoms with Crippen LogP contribution in [0.25, 0.3) is 0 Å². The van der Waals surface area contributed by atoms with Crippen LogP contribution in [0.5, 0.6) is 0 Å². The Morgan fingerprint density at radius 1 is 1.43 bits per heavy atom. The van der Waals surface area contributed by atoms with E-state index in [1.807, 2.05) is 45.0 Å². The van der Waals surface area contributed by atoms with Crippen molar-refractivity contribution in [2.75, 3.05) is 6.54 Å². The number of hydrogen-bond acceptors (Lipinski definition) is 2. The second kappa shape index (κ2) is 6.53. The van der Waals surface area contributed by atoms with Crippen LogP contribution in [0.15, 0.2) is 28.7 Å². The first-order chi connectivity index (χ1) is 9.85. The minimum absolute atomic E-state index is 0.0566. The van der Waals surface area contributed by atoms with Gasteiger partial charge in [0.25, 0.3) is 0 Å². The minimum Gasteiger partial charge on any atom is -0.444 e. The molecular formula is C17H20BrNO2. The normalized spacial score (nSPS) is 18.1. The van der Waals surface area contributed by atoms with Crippen LogP contribution in [0, 0.1) is 11.8 Å². The molecule has 0 bridgehead atoms. The quantitative estimate of drug-likeness (QED) is 0.657. The van der Waals surface area contributed by atoms with Crippen LogP contribution in [-0.2, 0) is 4.74 Å². The molecule has 2 rings (SSSR count). The summed E-state index contributed by atoms with van der Waals surface area (Å²) in [6, 6.07) is 7.80. The van der Waals surface area contributed by atoms with Gasteiger partial charge in [0.15, 0.2) is 0 Å². The van der Waals surface area contributed by atoms with Gasteiger partial charge >= 0.3 is 6.09 Å². The van der Waals surface area contributed by atoms with Crippen molar-refractivity contribution >= 4 is 22.0 Å². The van der Waals surface area contributed by atoms with Gasteiger partial charge in [0.1, 0.15) is 5.60 Å². The van der Waals surface area contributed by atoms with Crippen molar-refractivity contribution in [3.05, 3.63) is 34.3 Å². The molecule has 112 valence electrons. The Morgan fingerprint density at radius 2 is 2.19 bits per heavy atom. The van der Waals surface area contributed by atoms with Gasteiger partial charge in [-0.2, -0.15) is 0 Å². The van der Waals surface area contributed by atoms with E-state index in [1.54, 1.807) is 4.90 Å². The second-order valence-corrected chi connectivity index (χ2v) is 7.03. The van der Waals surface area contributed by atoms with Gasteiger partial charge in [-0.25, -0.2) is 4.79 Å². The highest BCUT2D eigenvalue weighted by atomic mass is 79.9. The molecule has 0 spiro atoms. The number of benzene rings is 1. The Morgan fingerprint density at radius 3 is 2.86 bits per heavy atom. The van der Waals surface area contributed by atoms with Gasteiger partial charge in [0, 0.05) is 16.6 Å². The summed E-state index contributed by atoms with van der Waals surface area (Å²) in [7, 11) is 0. The summed E-state index contributed by atoms with van der Waals surface area (Å²) in [5.74, 6) is 6.34. The van der Waals surface area contributed by atoms with Crippen molar-refractivity contribution < 1.29 is 9.53 Å². The smallest absolute Gasteiger partial charge is 0.411 e. The van der Waals surface area contributed by atoms with Crippen LogP contribution in [0.1, 0.15) is 39.2 Å². The predicted molar refractivity (Wildman–Crippen MR) is 87.0 cm³/mol. The van der Waals surface area contributed by atoms with Crippen molar-refractivity contribution in [3.8, 4) is 11.8 Å². The summed E-state index contributed by atoms with van der Waals surface area (Å²) in [5, 5.41) is 0. The monoisotopic (exact) mass is 349 g/mol. The lowest BCUT2D eigenvalue weighted by molar-refractivity contribution is 0.0261. The molecule has 1 atom stereocenters. The molecule has 1 fully saturated rings. The fourth-order valence-electron chi connectivity index (χ4n) is 2.19. The molecule has 3 nitrogen and oxygen atoms in total. The first-order valence-corrected chi connectivity index (χ1v) is 7.91. The zero-order chi connectivity index (χ0) is 15.5. The van der Waals surface area contributed by atoms with E-state index in [0.717, 1.165) is 22.9 Å². The third-order valence-electron chi connectivity index (χ3n) is 3.09. The van der Waals surface area contributed by atoms with E-state index in [4.69, 9.17) is 4.74 Å². The molecule has 0 N–H and O–H groups in total. The number of amides is 1. The fourth-order valence-corrected chi connectivity index (χ4v) is 2.59. The molecule has 0 radical (unpaired) electrons. The van der Waals surface area contributed by atoms with Gasteiger partial charge in [0.05, 0.1) is 6.04 Å². The first kappa shape index (κ1) is 15.9. The van der Waals surface area contributed by atoms with Crippen LogP contribution >= 0.6 is 15.9 Å². The molecule has 4 heteroatoms. The van der Waals surface area contributed by atoms with Crippen molar-refractivity contribution in [1.82, 2.24) is 4.90 Å². The lowest BCUT2D eigenvalue weighted by Gasteiger charge is -2.26. The van der Waals surface area contributed by atoms with E-state index < -0.39 is 5.60 Å². The van der Waals surface area contributed by atoms with Gasteiger partial charge in [-0.3, -0.25) is 4.90 Å². The zero-order valence-corrected chi connectivity index (χ0v) is 14.2. The number of rotatable bonds is 0. The number of hydrogen-bond donors (Lipinski definition) is 0. The largest absolute Gasteiger partial charge is 0.444 e. The summed E-state index contributed by atoms with van der Waals surface area (Å²) in [6.07, 6.45) is 1.60. The summed E-state index contributed by atoms with van der Waals surface area (Å²) >= 11 is 3.43. The Kier molecular flexibility index (Phi) is 4.95. The molecule has 1 saturated heterocycles. The molecule has 0 saturated carbocycles. The van der Waals surface area contributed by atoms with E-state index >= 15 is 0 Å². The maximum absolute atomic E-state index is 12.2. The topological polar surface area (TPSA) is 29.5 Å². The highest BCUT2D eigenvalue weighted by molar-refractivity contribution is 9.10. The summed E-state index contributed by atoms with van der Waals surface area (Å²) in [5.41, 5.74) is 0.475. The lowest BCUT2D eigenvalue weighted by Crippen LogP contribution is -2.39. The van der Waals surface area contributed by atoms with Gasteiger partial charge in [-0.05, 0) is 51.8 Å². The first-order valence-electron chi connectivity index (χ1n) is 7.12. The maximum atomic E-state index is 12.2. The number of ether oxygens (including phenoxy) is 1. The molecule has 1 heterocycles. The molecule has 1 unspecified atom stereocenters. The van der Waals surface area contributed by atoms with Crippen LogP contribution < -0.4 is 0 Å². The Hall–Kier alpha value is -1.47. The van der Waals surface area contributed by atoms with Gasteiger partial charge in [-0.15, -0.1) is 0 Å². The number of nitrogens with zero attached hydrogens (tertiary/aromatic N) is 1.